The third-order valence-corrected chi connectivity index (χ3v) is 1.37. The first-order valence-electron chi connectivity index (χ1n) is 3.78. The Balaban J connectivity index is 3.62. The lowest BCUT2D eigenvalue weighted by Gasteiger charge is -2.11. The van der Waals surface area contributed by atoms with Crippen LogP contribution in [0.1, 0.15) is 34.1 Å². The average molecular weight is 144 g/mol. The molecule has 0 spiro atoms. The largest absolute Gasteiger partial charge is 0.463 e. The molecule has 0 unspecified atom stereocenters. The standard InChI is InChI=1S/C8H16O2/c1-5-7(4)8(9)10-6(2)3/h6-7H,5H2,1-4H3/t7-/m0/s1. The van der Waals surface area contributed by atoms with E-state index in [1.807, 2.05) is 27.7 Å². The Bertz CT molecular complexity index is 108. The van der Waals surface area contributed by atoms with Crippen molar-refractivity contribution in [1.29, 1.82) is 0 Å². The van der Waals surface area contributed by atoms with E-state index in [0.717, 1.165) is 6.42 Å². The highest BCUT2D eigenvalue weighted by atomic mass is 16.5. The van der Waals surface area contributed by atoms with Crippen LogP contribution in [0.3, 0.4) is 0 Å². The number of carbonyl (C=O) groups is 1. The van der Waals surface area contributed by atoms with E-state index in [1.165, 1.54) is 0 Å². The molecule has 0 aliphatic carbocycles. The zero-order valence-corrected chi connectivity index (χ0v) is 7.18. The Hall–Kier alpha value is -0.530. The summed E-state index contributed by atoms with van der Waals surface area (Å²) in [5.41, 5.74) is 0. The summed E-state index contributed by atoms with van der Waals surface area (Å²) >= 11 is 0. The third kappa shape index (κ3) is 3.49. The molecule has 0 rings (SSSR count). The van der Waals surface area contributed by atoms with E-state index in [-0.39, 0.29) is 18.0 Å². The van der Waals surface area contributed by atoms with Crippen LogP contribution in [-0.2, 0) is 9.53 Å². The molecule has 0 aliphatic heterocycles. The molecular formula is C8H16O2. The summed E-state index contributed by atoms with van der Waals surface area (Å²) in [6, 6.07) is 0. The summed E-state index contributed by atoms with van der Waals surface area (Å²) in [6.45, 7) is 7.58. The van der Waals surface area contributed by atoms with Crippen LogP contribution in [0.25, 0.3) is 0 Å². The van der Waals surface area contributed by atoms with Gasteiger partial charge in [0.2, 0.25) is 0 Å². The lowest BCUT2D eigenvalue weighted by molar-refractivity contribution is -0.151. The molecule has 0 radical (unpaired) electrons. The number of rotatable bonds is 3. The number of ether oxygens (including phenoxy) is 1. The van der Waals surface area contributed by atoms with Gasteiger partial charge in [0, 0.05) is 0 Å². The number of carbonyl (C=O) groups excluding carboxylic acids is 1. The van der Waals surface area contributed by atoms with Crippen LogP contribution < -0.4 is 0 Å². The summed E-state index contributed by atoms with van der Waals surface area (Å²) in [6.07, 6.45) is 0.868. The summed E-state index contributed by atoms with van der Waals surface area (Å²) in [5, 5.41) is 0. The molecule has 0 aromatic carbocycles. The summed E-state index contributed by atoms with van der Waals surface area (Å²) in [4.78, 5) is 11.0. The molecule has 0 fully saturated rings. The van der Waals surface area contributed by atoms with Crippen molar-refractivity contribution in [1.82, 2.24) is 0 Å². The van der Waals surface area contributed by atoms with E-state index >= 15 is 0 Å². The molecule has 0 bridgehead atoms. The van der Waals surface area contributed by atoms with Gasteiger partial charge in [-0.05, 0) is 20.3 Å². The average Bonchev–Trinajstić information content (AvgIpc) is 1.85. The number of esters is 1. The lowest BCUT2D eigenvalue weighted by Crippen LogP contribution is -2.18. The van der Waals surface area contributed by atoms with Gasteiger partial charge in [-0.2, -0.15) is 0 Å². The number of hydrogen-bond donors (Lipinski definition) is 0. The fourth-order valence-electron chi connectivity index (χ4n) is 0.515. The van der Waals surface area contributed by atoms with Crippen LogP contribution in [0, 0.1) is 5.92 Å². The maximum atomic E-state index is 11.0. The predicted octanol–water partition coefficient (Wildman–Crippen LogP) is 1.98. The van der Waals surface area contributed by atoms with Crippen molar-refractivity contribution >= 4 is 5.97 Å². The van der Waals surface area contributed by atoms with Gasteiger partial charge in [-0.1, -0.05) is 13.8 Å². The van der Waals surface area contributed by atoms with Gasteiger partial charge in [-0.3, -0.25) is 4.79 Å². The van der Waals surface area contributed by atoms with Crippen molar-refractivity contribution in [3.63, 3.8) is 0 Å². The van der Waals surface area contributed by atoms with E-state index in [0.29, 0.717) is 0 Å². The monoisotopic (exact) mass is 144 g/mol. The molecule has 0 aromatic rings. The molecular weight excluding hydrogens is 128 g/mol. The minimum absolute atomic E-state index is 0.0153. The van der Waals surface area contributed by atoms with E-state index in [9.17, 15) is 4.79 Å². The fourth-order valence-corrected chi connectivity index (χ4v) is 0.515. The normalized spacial score (nSPS) is 13.3. The summed E-state index contributed by atoms with van der Waals surface area (Å²) in [5.74, 6) is -0.0418. The quantitative estimate of drug-likeness (QED) is 0.566. The van der Waals surface area contributed by atoms with Crippen molar-refractivity contribution in [2.45, 2.75) is 40.2 Å². The molecule has 0 aromatic heterocycles. The van der Waals surface area contributed by atoms with Gasteiger partial charge in [0.05, 0.1) is 12.0 Å². The molecule has 0 amide bonds. The maximum absolute atomic E-state index is 11.0. The molecule has 10 heavy (non-hydrogen) atoms. The molecule has 60 valence electrons. The summed E-state index contributed by atoms with van der Waals surface area (Å²) < 4.78 is 4.96. The van der Waals surface area contributed by atoms with E-state index in [2.05, 4.69) is 0 Å². The van der Waals surface area contributed by atoms with Crippen molar-refractivity contribution in [3.8, 4) is 0 Å². The minimum Gasteiger partial charge on any atom is -0.463 e. The topological polar surface area (TPSA) is 26.3 Å². The van der Waals surface area contributed by atoms with Crippen molar-refractivity contribution in [2.24, 2.45) is 5.92 Å². The van der Waals surface area contributed by atoms with Crippen molar-refractivity contribution in [3.05, 3.63) is 0 Å². The highest BCUT2D eigenvalue weighted by Gasteiger charge is 2.12. The highest BCUT2D eigenvalue weighted by Crippen LogP contribution is 2.04. The van der Waals surface area contributed by atoms with Crippen LogP contribution in [0.2, 0.25) is 0 Å². The van der Waals surface area contributed by atoms with Gasteiger partial charge in [-0.25, -0.2) is 0 Å². The van der Waals surface area contributed by atoms with Gasteiger partial charge in [0.15, 0.2) is 0 Å². The second kappa shape index (κ2) is 4.31. The van der Waals surface area contributed by atoms with E-state index < -0.39 is 0 Å². The molecule has 1 atom stereocenters. The van der Waals surface area contributed by atoms with Gasteiger partial charge >= 0.3 is 5.97 Å². The van der Waals surface area contributed by atoms with Crippen molar-refractivity contribution < 1.29 is 9.53 Å². The second-order valence-electron chi connectivity index (χ2n) is 2.79. The zero-order valence-electron chi connectivity index (χ0n) is 7.18. The fraction of sp³-hybridized carbons (Fsp3) is 0.875. The van der Waals surface area contributed by atoms with Crippen LogP contribution in [-0.4, -0.2) is 12.1 Å². The van der Waals surface area contributed by atoms with Gasteiger partial charge < -0.3 is 4.74 Å². The molecule has 0 heterocycles. The van der Waals surface area contributed by atoms with Crippen LogP contribution in [0.4, 0.5) is 0 Å². The Labute approximate surface area is 62.6 Å². The van der Waals surface area contributed by atoms with Crippen molar-refractivity contribution in [2.75, 3.05) is 0 Å². The molecule has 2 heteroatoms. The zero-order chi connectivity index (χ0) is 8.15. The minimum atomic E-state index is -0.0856. The first-order valence-corrected chi connectivity index (χ1v) is 3.78. The Morgan fingerprint density at radius 2 is 1.90 bits per heavy atom. The van der Waals surface area contributed by atoms with Gasteiger partial charge in [-0.15, -0.1) is 0 Å². The van der Waals surface area contributed by atoms with Crippen LogP contribution >= 0.6 is 0 Å². The second-order valence-corrected chi connectivity index (χ2v) is 2.79. The third-order valence-electron chi connectivity index (χ3n) is 1.37. The summed E-state index contributed by atoms with van der Waals surface area (Å²) in [7, 11) is 0. The smallest absolute Gasteiger partial charge is 0.308 e. The van der Waals surface area contributed by atoms with E-state index in [1.54, 1.807) is 0 Å². The predicted molar refractivity (Wildman–Crippen MR) is 40.7 cm³/mol. The Morgan fingerprint density at radius 1 is 1.40 bits per heavy atom. The SMILES string of the molecule is CC[C@H](C)C(=O)OC(C)C. The lowest BCUT2D eigenvalue weighted by atomic mass is 10.1. The molecule has 0 saturated heterocycles. The molecule has 0 aliphatic rings. The van der Waals surface area contributed by atoms with E-state index in [4.69, 9.17) is 4.74 Å². The van der Waals surface area contributed by atoms with Gasteiger partial charge in [0.25, 0.3) is 0 Å². The van der Waals surface area contributed by atoms with Crippen LogP contribution in [0.5, 0.6) is 0 Å². The molecule has 0 saturated carbocycles. The first-order chi connectivity index (χ1) is 4.57. The Morgan fingerprint density at radius 3 is 2.20 bits per heavy atom. The maximum Gasteiger partial charge on any atom is 0.308 e. The van der Waals surface area contributed by atoms with Gasteiger partial charge in [0.1, 0.15) is 0 Å². The molecule has 2 nitrogen and oxygen atoms in total. The molecule has 0 N–H and O–H groups in total. The number of hydrogen-bond acceptors (Lipinski definition) is 2. The Kier molecular flexibility index (Phi) is 4.08. The first kappa shape index (κ1) is 9.47. The highest BCUT2D eigenvalue weighted by molar-refractivity contribution is 5.71. The van der Waals surface area contributed by atoms with Crippen LogP contribution in [0.15, 0.2) is 0 Å².